The summed E-state index contributed by atoms with van der Waals surface area (Å²) in [5.41, 5.74) is 1.96. The third-order valence-corrected chi connectivity index (χ3v) is 9.05. The summed E-state index contributed by atoms with van der Waals surface area (Å²) in [6.07, 6.45) is 6.18. The molecule has 33 heavy (non-hydrogen) atoms. The van der Waals surface area contributed by atoms with Crippen LogP contribution >= 0.6 is 11.3 Å². The summed E-state index contributed by atoms with van der Waals surface area (Å²) in [5.74, 6) is 0.205. The highest BCUT2D eigenvalue weighted by molar-refractivity contribution is 7.91. The molecule has 2 aliphatic rings. The maximum absolute atomic E-state index is 13.2. The first-order chi connectivity index (χ1) is 15.9. The van der Waals surface area contributed by atoms with Gasteiger partial charge in [0.1, 0.15) is 10.8 Å². The molecule has 1 aliphatic carbocycles. The maximum Gasteiger partial charge on any atom is 0.256 e. The molecule has 2 amide bonds. The standard InChI is InChI=1S/C24H30N2O5S2/c1-2-3-13-31-18-10-8-16(9-11-18)22(27)26-24-21(19-6-4-5-7-20(19)32-24)23(28)25-17-12-14-33(29,30)15-17/h8-11,17H,2-7,12-15H2,1H3,(H,25,28)(H,26,27)/t17-/m0/s1. The molecule has 1 fully saturated rings. The number of sulfone groups is 1. The van der Waals surface area contributed by atoms with Crippen molar-refractivity contribution in [2.45, 2.75) is 57.9 Å². The van der Waals surface area contributed by atoms with Gasteiger partial charge in [-0.2, -0.15) is 0 Å². The molecule has 0 unspecified atom stereocenters. The number of carbonyl (C=O) groups is 2. The summed E-state index contributed by atoms with van der Waals surface area (Å²) in [5, 5.41) is 6.37. The molecule has 9 heteroatoms. The van der Waals surface area contributed by atoms with E-state index in [0.717, 1.165) is 54.7 Å². The Morgan fingerprint density at radius 3 is 2.58 bits per heavy atom. The van der Waals surface area contributed by atoms with Crippen LogP contribution in [0.15, 0.2) is 24.3 Å². The number of benzene rings is 1. The van der Waals surface area contributed by atoms with Crippen molar-refractivity contribution in [3.63, 3.8) is 0 Å². The second-order valence-electron chi connectivity index (χ2n) is 8.67. The second kappa shape index (κ2) is 10.3. The molecule has 1 atom stereocenters. The minimum atomic E-state index is -3.10. The maximum atomic E-state index is 13.2. The summed E-state index contributed by atoms with van der Waals surface area (Å²) in [6.45, 7) is 2.74. The minimum Gasteiger partial charge on any atom is -0.494 e. The van der Waals surface area contributed by atoms with Crippen molar-refractivity contribution in [1.82, 2.24) is 5.32 Å². The molecular weight excluding hydrogens is 460 g/mol. The zero-order chi connectivity index (χ0) is 23.4. The van der Waals surface area contributed by atoms with Crippen molar-refractivity contribution >= 4 is 38.0 Å². The summed E-state index contributed by atoms with van der Waals surface area (Å²) >= 11 is 1.45. The van der Waals surface area contributed by atoms with E-state index in [1.807, 2.05) is 0 Å². The van der Waals surface area contributed by atoms with E-state index in [2.05, 4.69) is 17.6 Å². The van der Waals surface area contributed by atoms with Gasteiger partial charge in [-0.1, -0.05) is 13.3 Å². The molecule has 2 aromatic rings. The lowest BCUT2D eigenvalue weighted by molar-refractivity contribution is 0.0941. The van der Waals surface area contributed by atoms with Crippen molar-refractivity contribution in [3.05, 3.63) is 45.8 Å². The van der Waals surface area contributed by atoms with Crippen LogP contribution in [0, 0.1) is 0 Å². The Kier molecular flexibility index (Phi) is 7.38. The number of hydrogen-bond donors (Lipinski definition) is 2. The van der Waals surface area contributed by atoms with Crippen LogP contribution in [0.25, 0.3) is 0 Å². The SMILES string of the molecule is CCCCOc1ccc(C(=O)Nc2sc3c(c2C(=O)N[C@H]2CCS(=O)(=O)C2)CCCC3)cc1. The van der Waals surface area contributed by atoms with Gasteiger partial charge in [-0.05, 0) is 68.4 Å². The van der Waals surface area contributed by atoms with Gasteiger partial charge < -0.3 is 15.4 Å². The summed E-state index contributed by atoms with van der Waals surface area (Å²) in [6, 6.07) is 6.60. The van der Waals surface area contributed by atoms with Gasteiger partial charge in [0.25, 0.3) is 11.8 Å². The number of amides is 2. The molecule has 0 bridgehead atoms. The van der Waals surface area contributed by atoms with Gasteiger partial charge in [0.15, 0.2) is 9.84 Å². The third-order valence-electron chi connectivity index (χ3n) is 6.08. The number of nitrogens with one attached hydrogen (secondary N) is 2. The quantitative estimate of drug-likeness (QED) is 0.545. The van der Waals surface area contributed by atoms with E-state index in [-0.39, 0.29) is 29.4 Å². The van der Waals surface area contributed by atoms with Gasteiger partial charge in [0.05, 0.1) is 23.7 Å². The van der Waals surface area contributed by atoms with E-state index in [9.17, 15) is 18.0 Å². The Hall–Kier alpha value is -2.39. The van der Waals surface area contributed by atoms with Crippen molar-refractivity contribution in [3.8, 4) is 5.75 Å². The van der Waals surface area contributed by atoms with Crippen LogP contribution in [0.4, 0.5) is 5.00 Å². The average Bonchev–Trinajstić information content (AvgIpc) is 3.32. The molecule has 2 heterocycles. The highest BCUT2D eigenvalue weighted by atomic mass is 32.2. The molecule has 7 nitrogen and oxygen atoms in total. The molecule has 1 aromatic heterocycles. The predicted molar refractivity (Wildman–Crippen MR) is 130 cm³/mol. The van der Waals surface area contributed by atoms with Crippen molar-refractivity contribution in [2.24, 2.45) is 0 Å². The fourth-order valence-corrected chi connectivity index (χ4v) is 7.23. The highest BCUT2D eigenvalue weighted by Gasteiger charge is 2.32. The highest BCUT2D eigenvalue weighted by Crippen LogP contribution is 2.38. The van der Waals surface area contributed by atoms with Gasteiger partial charge >= 0.3 is 0 Å². The predicted octanol–water partition coefficient (Wildman–Crippen LogP) is 3.98. The first kappa shape index (κ1) is 23.8. The molecule has 1 aromatic carbocycles. The molecule has 0 spiro atoms. The van der Waals surface area contributed by atoms with Crippen LogP contribution in [0.1, 0.15) is 70.2 Å². The van der Waals surface area contributed by atoms with Crippen LogP contribution in [-0.2, 0) is 22.7 Å². The number of rotatable bonds is 8. The number of anilines is 1. The van der Waals surface area contributed by atoms with Crippen LogP contribution in [0.5, 0.6) is 5.75 Å². The number of fused-ring (bicyclic) bond motifs is 1. The Morgan fingerprint density at radius 1 is 1.12 bits per heavy atom. The summed E-state index contributed by atoms with van der Waals surface area (Å²) in [7, 11) is -3.10. The van der Waals surface area contributed by atoms with E-state index in [1.54, 1.807) is 24.3 Å². The molecular formula is C24H30N2O5S2. The Balaban J connectivity index is 1.50. The Labute approximate surface area is 198 Å². The van der Waals surface area contributed by atoms with Gasteiger partial charge in [0, 0.05) is 16.5 Å². The average molecular weight is 491 g/mol. The lowest BCUT2D eigenvalue weighted by atomic mass is 9.95. The Bertz CT molecular complexity index is 1120. The van der Waals surface area contributed by atoms with Crippen LogP contribution < -0.4 is 15.4 Å². The van der Waals surface area contributed by atoms with Crippen LogP contribution in [0.3, 0.4) is 0 Å². The van der Waals surface area contributed by atoms with Gasteiger partial charge in [0.2, 0.25) is 0 Å². The number of ether oxygens (including phenoxy) is 1. The third kappa shape index (κ3) is 5.76. The Morgan fingerprint density at radius 2 is 1.88 bits per heavy atom. The molecule has 0 saturated carbocycles. The lowest BCUT2D eigenvalue weighted by Crippen LogP contribution is -2.36. The first-order valence-corrected chi connectivity index (χ1v) is 14.2. The van der Waals surface area contributed by atoms with Gasteiger partial charge in [-0.15, -0.1) is 11.3 Å². The molecule has 1 saturated heterocycles. The lowest BCUT2D eigenvalue weighted by Gasteiger charge is -2.15. The summed E-state index contributed by atoms with van der Waals surface area (Å²) < 4.78 is 29.2. The number of unbranched alkanes of at least 4 members (excludes halogenated alkanes) is 1. The van der Waals surface area contributed by atoms with Gasteiger partial charge in [-0.25, -0.2) is 8.42 Å². The minimum absolute atomic E-state index is 0.0283. The smallest absolute Gasteiger partial charge is 0.256 e. The first-order valence-electron chi connectivity index (χ1n) is 11.6. The van der Waals surface area contributed by atoms with E-state index in [1.165, 1.54) is 11.3 Å². The van der Waals surface area contributed by atoms with E-state index >= 15 is 0 Å². The van der Waals surface area contributed by atoms with E-state index in [0.29, 0.717) is 29.2 Å². The van der Waals surface area contributed by atoms with Crippen molar-refractivity contribution in [1.29, 1.82) is 0 Å². The summed E-state index contributed by atoms with van der Waals surface area (Å²) in [4.78, 5) is 27.3. The largest absolute Gasteiger partial charge is 0.494 e. The monoisotopic (exact) mass is 490 g/mol. The normalized spacial score (nSPS) is 19.0. The number of thiophene rings is 1. The van der Waals surface area contributed by atoms with E-state index in [4.69, 9.17) is 4.74 Å². The molecule has 2 N–H and O–H groups in total. The van der Waals surface area contributed by atoms with E-state index < -0.39 is 9.84 Å². The topological polar surface area (TPSA) is 102 Å². The fourth-order valence-electron chi connectivity index (χ4n) is 4.27. The fraction of sp³-hybridized carbons (Fsp3) is 0.500. The molecule has 4 rings (SSSR count). The van der Waals surface area contributed by atoms with Crippen molar-refractivity contribution in [2.75, 3.05) is 23.4 Å². The molecule has 1 aliphatic heterocycles. The number of hydrogen-bond acceptors (Lipinski definition) is 6. The molecule has 0 radical (unpaired) electrons. The zero-order valence-electron chi connectivity index (χ0n) is 18.8. The van der Waals surface area contributed by atoms with Gasteiger partial charge in [-0.3, -0.25) is 9.59 Å². The van der Waals surface area contributed by atoms with Crippen LogP contribution in [0.2, 0.25) is 0 Å². The number of aryl methyl sites for hydroxylation is 1. The second-order valence-corrected chi connectivity index (χ2v) is 12.0. The number of carbonyl (C=O) groups excluding carboxylic acids is 2. The molecule has 178 valence electrons. The zero-order valence-corrected chi connectivity index (χ0v) is 20.4. The van der Waals surface area contributed by atoms with Crippen molar-refractivity contribution < 1.29 is 22.7 Å². The van der Waals surface area contributed by atoms with Crippen LogP contribution in [-0.4, -0.2) is 44.4 Å².